The summed E-state index contributed by atoms with van der Waals surface area (Å²) in [7, 11) is 0. The first-order valence-corrected chi connectivity index (χ1v) is 7.65. The van der Waals surface area contributed by atoms with Crippen molar-refractivity contribution < 1.29 is 9.47 Å². The molecule has 2 nitrogen and oxygen atoms in total. The van der Waals surface area contributed by atoms with Crippen LogP contribution in [-0.2, 0) is 15.9 Å². The lowest BCUT2D eigenvalue weighted by atomic mass is 9.76. The zero-order valence-corrected chi connectivity index (χ0v) is 11.8. The lowest BCUT2D eigenvalue weighted by Crippen LogP contribution is -2.20. The van der Waals surface area contributed by atoms with Crippen LogP contribution < -0.4 is 0 Å². The lowest BCUT2D eigenvalue weighted by Gasteiger charge is -2.29. The average Bonchev–Trinajstić information content (AvgIpc) is 2.96. The first-order chi connectivity index (χ1) is 9.34. The molecule has 2 heteroatoms. The van der Waals surface area contributed by atoms with Crippen LogP contribution in [0, 0.1) is 11.8 Å². The van der Waals surface area contributed by atoms with E-state index in [1.54, 1.807) is 0 Å². The molecule has 2 aliphatic rings. The predicted molar refractivity (Wildman–Crippen MR) is 75.9 cm³/mol. The number of hydrogen-bond donors (Lipinski definition) is 0. The van der Waals surface area contributed by atoms with Gasteiger partial charge in [0.15, 0.2) is 6.29 Å². The normalized spacial score (nSPS) is 28.7. The van der Waals surface area contributed by atoms with Crippen LogP contribution in [0.5, 0.6) is 0 Å². The van der Waals surface area contributed by atoms with Crippen molar-refractivity contribution in [3.8, 4) is 0 Å². The van der Waals surface area contributed by atoms with Crippen molar-refractivity contribution in [2.75, 3.05) is 13.2 Å². The van der Waals surface area contributed by atoms with Gasteiger partial charge in [0.05, 0.1) is 13.2 Å². The summed E-state index contributed by atoms with van der Waals surface area (Å²) in [6.07, 6.45) is 6.63. The molecule has 104 valence electrons. The molecule has 2 fully saturated rings. The van der Waals surface area contributed by atoms with Crippen LogP contribution in [0.3, 0.4) is 0 Å². The third-order valence-electron chi connectivity index (χ3n) is 4.70. The van der Waals surface area contributed by atoms with E-state index in [0.29, 0.717) is 0 Å². The minimum atomic E-state index is -0.130. The van der Waals surface area contributed by atoms with Crippen molar-refractivity contribution in [2.24, 2.45) is 11.8 Å². The maximum Gasteiger partial charge on any atom is 0.184 e. The van der Waals surface area contributed by atoms with Gasteiger partial charge >= 0.3 is 0 Å². The van der Waals surface area contributed by atoms with Gasteiger partial charge in [-0.1, -0.05) is 50.5 Å². The average molecular weight is 260 g/mol. The molecule has 3 rings (SSSR count). The van der Waals surface area contributed by atoms with Crippen LogP contribution in [-0.4, -0.2) is 13.2 Å². The largest absolute Gasteiger partial charge is 0.346 e. The highest BCUT2D eigenvalue weighted by Crippen LogP contribution is 2.34. The van der Waals surface area contributed by atoms with Crippen molar-refractivity contribution in [2.45, 2.75) is 45.3 Å². The maximum absolute atomic E-state index is 5.67. The molecule has 1 aliphatic carbocycles. The van der Waals surface area contributed by atoms with Gasteiger partial charge in [-0.25, -0.2) is 0 Å². The fraction of sp³-hybridized carbons (Fsp3) is 0.647. The molecule has 0 bridgehead atoms. The van der Waals surface area contributed by atoms with E-state index in [1.165, 1.54) is 43.2 Å². The Bertz CT molecular complexity index is 409. The highest BCUT2D eigenvalue weighted by molar-refractivity contribution is 5.29. The maximum atomic E-state index is 5.67. The Morgan fingerprint density at radius 3 is 2.58 bits per heavy atom. The fourth-order valence-corrected chi connectivity index (χ4v) is 3.47. The second-order valence-corrected chi connectivity index (χ2v) is 6.00. The summed E-state index contributed by atoms with van der Waals surface area (Å²) in [5, 5.41) is 0. The van der Waals surface area contributed by atoms with E-state index in [4.69, 9.17) is 9.47 Å². The standard InChI is InChI=1S/C17H24O2/c1-13-6-2-3-7-14(13)12-15-8-4-5-9-16(15)17-18-10-11-19-17/h4-5,8-9,13-14,17H,2-3,6-7,10-12H2,1H3. The Morgan fingerprint density at radius 2 is 1.79 bits per heavy atom. The molecule has 2 atom stereocenters. The second kappa shape index (κ2) is 6.06. The third-order valence-corrected chi connectivity index (χ3v) is 4.70. The van der Waals surface area contributed by atoms with E-state index in [0.717, 1.165) is 25.0 Å². The van der Waals surface area contributed by atoms with E-state index >= 15 is 0 Å². The second-order valence-electron chi connectivity index (χ2n) is 6.00. The summed E-state index contributed by atoms with van der Waals surface area (Å²) >= 11 is 0. The molecular weight excluding hydrogens is 236 g/mol. The third kappa shape index (κ3) is 3.01. The van der Waals surface area contributed by atoms with Crippen LogP contribution >= 0.6 is 0 Å². The first-order valence-electron chi connectivity index (χ1n) is 7.65. The molecule has 1 aromatic carbocycles. The van der Waals surface area contributed by atoms with E-state index in [1.807, 2.05) is 0 Å². The minimum absolute atomic E-state index is 0.130. The van der Waals surface area contributed by atoms with Crippen molar-refractivity contribution in [1.29, 1.82) is 0 Å². The van der Waals surface area contributed by atoms with E-state index in [-0.39, 0.29) is 6.29 Å². The molecule has 1 saturated heterocycles. The summed E-state index contributed by atoms with van der Waals surface area (Å²) in [6, 6.07) is 8.65. The Hall–Kier alpha value is -0.860. The monoisotopic (exact) mass is 260 g/mol. The summed E-state index contributed by atoms with van der Waals surface area (Å²) in [4.78, 5) is 0. The first kappa shape index (κ1) is 13.1. The van der Waals surface area contributed by atoms with Crippen LogP contribution in [0.2, 0.25) is 0 Å². The number of benzene rings is 1. The van der Waals surface area contributed by atoms with Crippen molar-refractivity contribution in [3.05, 3.63) is 35.4 Å². The Labute approximate surface area is 116 Å². The molecule has 2 unspecified atom stereocenters. The van der Waals surface area contributed by atoms with Gasteiger partial charge < -0.3 is 9.47 Å². The van der Waals surface area contributed by atoms with E-state index in [2.05, 4.69) is 31.2 Å². The predicted octanol–water partition coefficient (Wildman–Crippen LogP) is 4.10. The SMILES string of the molecule is CC1CCCCC1Cc1ccccc1C1OCCO1. The van der Waals surface area contributed by atoms with Crippen molar-refractivity contribution >= 4 is 0 Å². The Balaban J connectivity index is 1.76. The highest BCUT2D eigenvalue weighted by atomic mass is 16.7. The van der Waals surface area contributed by atoms with Gasteiger partial charge in [-0.3, -0.25) is 0 Å². The van der Waals surface area contributed by atoms with Gasteiger partial charge in [-0.2, -0.15) is 0 Å². The zero-order chi connectivity index (χ0) is 13.1. The van der Waals surface area contributed by atoms with E-state index < -0.39 is 0 Å². The van der Waals surface area contributed by atoms with Crippen LogP contribution in [0.15, 0.2) is 24.3 Å². The molecule has 1 aliphatic heterocycles. The molecule has 0 aromatic heterocycles. The smallest absolute Gasteiger partial charge is 0.184 e. The molecule has 1 aromatic rings. The molecule has 0 amide bonds. The van der Waals surface area contributed by atoms with E-state index in [9.17, 15) is 0 Å². The molecule has 0 N–H and O–H groups in total. The van der Waals surface area contributed by atoms with Gasteiger partial charge in [-0.05, 0) is 30.2 Å². The molecule has 1 heterocycles. The quantitative estimate of drug-likeness (QED) is 0.814. The molecule has 1 saturated carbocycles. The van der Waals surface area contributed by atoms with Crippen LogP contribution in [0.25, 0.3) is 0 Å². The Morgan fingerprint density at radius 1 is 1.05 bits per heavy atom. The summed E-state index contributed by atoms with van der Waals surface area (Å²) in [5.41, 5.74) is 2.67. The van der Waals surface area contributed by atoms with Gasteiger partial charge in [-0.15, -0.1) is 0 Å². The molecule has 0 radical (unpaired) electrons. The molecule has 19 heavy (non-hydrogen) atoms. The van der Waals surface area contributed by atoms with Gasteiger partial charge in [0.1, 0.15) is 0 Å². The lowest BCUT2D eigenvalue weighted by molar-refractivity contribution is -0.0448. The van der Waals surface area contributed by atoms with Crippen LogP contribution in [0.4, 0.5) is 0 Å². The minimum Gasteiger partial charge on any atom is -0.346 e. The Kier molecular flexibility index (Phi) is 4.19. The summed E-state index contributed by atoms with van der Waals surface area (Å²) in [5.74, 6) is 1.68. The van der Waals surface area contributed by atoms with Gasteiger partial charge in [0, 0.05) is 5.56 Å². The van der Waals surface area contributed by atoms with Crippen molar-refractivity contribution in [3.63, 3.8) is 0 Å². The van der Waals surface area contributed by atoms with Crippen LogP contribution in [0.1, 0.15) is 50.0 Å². The molecular formula is C17H24O2. The number of ether oxygens (including phenoxy) is 2. The zero-order valence-electron chi connectivity index (χ0n) is 11.8. The van der Waals surface area contributed by atoms with Gasteiger partial charge in [0.25, 0.3) is 0 Å². The topological polar surface area (TPSA) is 18.5 Å². The molecule has 0 spiro atoms. The van der Waals surface area contributed by atoms with Gasteiger partial charge in [0.2, 0.25) is 0 Å². The fourth-order valence-electron chi connectivity index (χ4n) is 3.47. The summed E-state index contributed by atoms with van der Waals surface area (Å²) in [6.45, 7) is 3.85. The number of hydrogen-bond acceptors (Lipinski definition) is 2. The van der Waals surface area contributed by atoms with Crippen molar-refractivity contribution in [1.82, 2.24) is 0 Å². The number of rotatable bonds is 3. The summed E-state index contributed by atoms with van der Waals surface area (Å²) < 4.78 is 11.3. The highest BCUT2D eigenvalue weighted by Gasteiger charge is 2.25.